The number of fused-ring (bicyclic) bond motifs is 1. The summed E-state index contributed by atoms with van der Waals surface area (Å²) in [7, 11) is 0. The predicted octanol–water partition coefficient (Wildman–Crippen LogP) is 4.92. The Balaban J connectivity index is 1.35. The van der Waals surface area contributed by atoms with Gasteiger partial charge in [0.2, 0.25) is 5.95 Å². The van der Waals surface area contributed by atoms with Crippen LogP contribution in [0.5, 0.6) is 0 Å². The van der Waals surface area contributed by atoms with Crippen LogP contribution < -0.4 is 16.4 Å². The molecule has 198 valence electrons. The molecule has 38 heavy (non-hydrogen) atoms. The number of terminal acetylenes is 1. The fourth-order valence-corrected chi connectivity index (χ4v) is 5.61. The van der Waals surface area contributed by atoms with Gasteiger partial charge in [0.05, 0.1) is 10.7 Å². The van der Waals surface area contributed by atoms with Gasteiger partial charge in [-0.05, 0) is 50.0 Å². The van der Waals surface area contributed by atoms with Crippen molar-refractivity contribution in [3.05, 3.63) is 45.0 Å². The molecule has 0 radical (unpaired) electrons. The lowest BCUT2D eigenvalue weighted by Crippen LogP contribution is -2.34. The molecule has 0 atom stereocenters. The molecule has 0 aliphatic carbocycles. The van der Waals surface area contributed by atoms with Gasteiger partial charge in [0.25, 0.3) is 0 Å². The summed E-state index contributed by atoms with van der Waals surface area (Å²) in [6.07, 6.45) is 8.72. The molecule has 9 nitrogen and oxygen atoms in total. The quantitative estimate of drug-likeness (QED) is 0.192. The number of rotatable bonds is 9. The Hall–Kier alpha value is -3.10. The van der Waals surface area contributed by atoms with E-state index in [1.807, 2.05) is 12.1 Å². The monoisotopic (exact) mass is 569 g/mol. The summed E-state index contributed by atoms with van der Waals surface area (Å²) in [6, 6.07) is 7.27. The molecular weight excluding hydrogens is 541 g/mol. The standard InChI is InChI=1S/C26H29Cl2N9S/c1-3-21-24(29)34-26(38-21)31-10-9-30-25-32-20(18-5-4-17(27)14-19(18)28)15-23-33-22(35-37(23)25)8-13-36-11-6-16(2)7-12-36/h1,4-5,14-16H,6-13,29H2,2H3,(H,30,32)(H,31,34). The Kier molecular flexibility index (Phi) is 8.19. The second-order valence-electron chi connectivity index (χ2n) is 9.39. The molecule has 0 bridgehead atoms. The van der Waals surface area contributed by atoms with E-state index in [-0.39, 0.29) is 0 Å². The van der Waals surface area contributed by atoms with Gasteiger partial charge in [-0.2, -0.15) is 4.52 Å². The second kappa shape index (κ2) is 11.7. The summed E-state index contributed by atoms with van der Waals surface area (Å²) in [5.41, 5.74) is 7.99. The number of anilines is 3. The summed E-state index contributed by atoms with van der Waals surface area (Å²) in [5, 5.41) is 13.1. The number of aromatic nitrogens is 5. The van der Waals surface area contributed by atoms with E-state index in [9.17, 15) is 0 Å². The van der Waals surface area contributed by atoms with Crippen molar-refractivity contribution in [2.45, 2.75) is 26.2 Å². The van der Waals surface area contributed by atoms with Gasteiger partial charge in [-0.1, -0.05) is 47.4 Å². The van der Waals surface area contributed by atoms with Crippen LogP contribution in [0.15, 0.2) is 24.3 Å². The number of hydrogen-bond donors (Lipinski definition) is 3. The highest BCUT2D eigenvalue weighted by Gasteiger charge is 2.18. The molecule has 0 amide bonds. The highest BCUT2D eigenvalue weighted by atomic mass is 35.5. The van der Waals surface area contributed by atoms with Crippen molar-refractivity contribution in [3.8, 4) is 23.6 Å². The van der Waals surface area contributed by atoms with Gasteiger partial charge in [-0.15, -0.1) is 11.5 Å². The van der Waals surface area contributed by atoms with Crippen LogP contribution in [0.3, 0.4) is 0 Å². The Bertz CT molecular complexity index is 1470. The van der Waals surface area contributed by atoms with Crippen LogP contribution in [0.4, 0.5) is 16.9 Å². The molecule has 0 saturated carbocycles. The van der Waals surface area contributed by atoms with Crippen molar-refractivity contribution in [2.24, 2.45) is 5.92 Å². The van der Waals surface area contributed by atoms with Crippen molar-refractivity contribution >= 4 is 57.1 Å². The van der Waals surface area contributed by atoms with E-state index in [0.717, 1.165) is 43.4 Å². The summed E-state index contributed by atoms with van der Waals surface area (Å²) < 4.78 is 1.75. The molecule has 1 saturated heterocycles. The average Bonchev–Trinajstić information content (AvgIpc) is 3.48. The zero-order chi connectivity index (χ0) is 26.6. The van der Waals surface area contributed by atoms with Gasteiger partial charge in [-0.25, -0.2) is 15.0 Å². The number of nitrogens with zero attached hydrogens (tertiary/aromatic N) is 6. The van der Waals surface area contributed by atoms with E-state index >= 15 is 0 Å². The molecule has 0 unspecified atom stereocenters. The van der Waals surface area contributed by atoms with E-state index in [1.165, 1.54) is 24.2 Å². The Morgan fingerprint density at radius 3 is 2.66 bits per heavy atom. The number of hydrogen-bond acceptors (Lipinski definition) is 9. The average molecular weight is 571 g/mol. The van der Waals surface area contributed by atoms with Crippen molar-refractivity contribution in [2.75, 3.05) is 49.1 Å². The predicted molar refractivity (Wildman–Crippen MR) is 156 cm³/mol. The summed E-state index contributed by atoms with van der Waals surface area (Å²) in [4.78, 5) is 17.0. The van der Waals surface area contributed by atoms with E-state index in [2.05, 4.69) is 33.4 Å². The molecular formula is C26H29Cl2N9S. The molecule has 5 rings (SSSR count). The van der Waals surface area contributed by atoms with Crippen molar-refractivity contribution in [1.82, 2.24) is 29.5 Å². The third kappa shape index (κ3) is 6.13. The van der Waals surface area contributed by atoms with Crippen LogP contribution >= 0.6 is 34.5 Å². The van der Waals surface area contributed by atoms with Gasteiger partial charge >= 0.3 is 0 Å². The van der Waals surface area contributed by atoms with E-state index < -0.39 is 0 Å². The number of halogens is 2. The Labute approximate surface area is 235 Å². The highest BCUT2D eigenvalue weighted by Crippen LogP contribution is 2.31. The molecule has 1 fully saturated rings. The van der Waals surface area contributed by atoms with Crippen LogP contribution in [-0.2, 0) is 6.42 Å². The maximum absolute atomic E-state index is 6.51. The number of likely N-dealkylation sites (tertiary alicyclic amines) is 1. The molecule has 3 aromatic heterocycles. The lowest BCUT2D eigenvalue weighted by Gasteiger charge is -2.29. The number of benzene rings is 1. The summed E-state index contributed by atoms with van der Waals surface area (Å²) in [6.45, 7) is 6.64. The normalized spacial score (nSPS) is 14.6. The van der Waals surface area contributed by atoms with Crippen LogP contribution in [-0.4, -0.2) is 62.2 Å². The summed E-state index contributed by atoms with van der Waals surface area (Å²) in [5.74, 6) is 5.06. The second-order valence-corrected chi connectivity index (χ2v) is 11.2. The number of nitrogens with two attached hydrogens (primary N) is 1. The Morgan fingerprint density at radius 1 is 1.13 bits per heavy atom. The maximum Gasteiger partial charge on any atom is 0.226 e. The SMILES string of the molecule is C#Cc1sc(NCCNc2nc(-c3ccc(Cl)cc3Cl)cc3nc(CCN4CCC(C)CC4)nn23)nc1N. The first kappa shape index (κ1) is 26.5. The molecule has 4 N–H and O–H groups in total. The van der Waals surface area contributed by atoms with Gasteiger partial charge < -0.3 is 21.3 Å². The number of nitrogen functional groups attached to an aromatic ring is 1. The molecule has 1 aliphatic rings. The fraction of sp³-hybridized carbons (Fsp3) is 0.385. The van der Waals surface area contributed by atoms with Crippen molar-refractivity contribution in [1.29, 1.82) is 0 Å². The number of piperidine rings is 1. The molecule has 1 aliphatic heterocycles. The minimum Gasteiger partial charge on any atom is -0.382 e. The van der Waals surface area contributed by atoms with E-state index in [4.69, 9.17) is 50.4 Å². The zero-order valence-electron chi connectivity index (χ0n) is 21.0. The van der Waals surface area contributed by atoms with Crippen LogP contribution in [0, 0.1) is 18.3 Å². The number of thiazole rings is 1. The van der Waals surface area contributed by atoms with E-state index in [1.54, 1.807) is 16.6 Å². The Morgan fingerprint density at radius 2 is 1.92 bits per heavy atom. The maximum atomic E-state index is 6.51. The van der Waals surface area contributed by atoms with E-state index in [0.29, 0.717) is 56.3 Å². The van der Waals surface area contributed by atoms with Gasteiger partial charge in [0, 0.05) is 42.7 Å². The molecule has 1 aromatic carbocycles. The largest absolute Gasteiger partial charge is 0.382 e. The van der Waals surface area contributed by atoms with Crippen molar-refractivity contribution < 1.29 is 0 Å². The first-order valence-electron chi connectivity index (χ1n) is 12.5. The third-order valence-electron chi connectivity index (χ3n) is 6.57. The lowest BCUT2D eigenvalue weighted by molar-refractivity contribution is 0.193. The molecule has 4 heterocycles. The first-order valence-corrected chi connectivity index (χ1v) is 14.1. The van der Waals surface area contributed by atoms with Crippen molar-refractivity contribution in [3.63, 3.8) is 0 Å². The lowest BCUT2D eigenvalue weighted by atomic mass is 9.99. The highest BCUT2D eigenvalue weighted by molar-refractivity contribution is 7.16. The topological polar surface area (TPSA) is 109 Å². The fourth-order valence-electron chi connectivity index (χ4n) is 4.39. The van der Waals surface area contributed by atoms with Crippen LogP contribution in [0.25, 0.3) is 16.9 Å². The van der Waals surface area contributed by atoms with Crippen LogP contribution in [0.1, 0.15) is 30.5 Å². The zero-order valence-corrected chi connectivity index (χ0v) is 23.4. The van der Waals surface area contributed by atoms with Gasteiger partial charge in [0.15, 0.2) is 22.4 Å². The summed E-state index contributed by atoms with van der Waals surface area (Å²) >= 11 is 14.0. The van der Waals surface area contributed by atoms with Gasteiger partial charge in [-0.3, -0.25) is 0 Å². The minimum atomic E-state index is 0.359. The molecule has 4 aromatic rings. The third-order valence-corrected chi connectivity index (χ3v) is 8.08. The minimum absolute atomic E-state index is 0.359. The smallest absolute Gasteiger partial charge is 0.226 e. The van der Waals surface area contributed by atoms with Gasteiger partial charge in [0.1, 0.15) is 4.88 Å². The first-order chi connectivity index (χ1) is 18.4. The molecule has 12 heteroatoms. The van der Waals surface area contributed by atoms with Crippen LogP contribution in [0.2, 0.25) is 10.0 Å². The molecule has 0 spiro atoms. The number of nitrogens with one attached hydrogen (secondary N) is 2.